The third-order valence-electron chi connectivity index (χ3n) is 1.68. The van der Waals surface area contributed by atoms with Crippen molar-refractivity contribution < 1.29 is 26.2 Å². The van der Waals surface area contributed by atoms with Gasteiger partial charge < -0.3 is 0 Å². The molecule has 0 heterocycles. The van der Waals surface area contributed by atoms with E-state index >= 15 is 0 Å². The second-order valence-electron chi connectivity index (χ2n) is 2.81. The normalized spacial score (nSPS) is 7.31. The number of halogens is 2. The van der Waals surface area contributed by atoms with E-state index in [1.54, 1.807) is 0 Å². The Balaban J connectivity index is -0.000000333. The maximum absolute atomic E-state index is 2.16. The Morgan fingerprint density at radius 1 is 1.00 bits per heavy atom. The first-order valence-corrected chi connectivity index (χ1v) is 3.58. The number of rotatable bonds is 1. The van der Waals surface area contributed by atoms with Crippen molar-refractivity contribution in [1.82, 2.24) is 0 Å². The molecule has 1 rings (SSSR count). The van der Waals surface area contributed by atoms with Gasteiger partial charge in [-0.05, 0) is 0 Å². The first kappa shape index (κ1) is 19.2. The average Bonchev–Trinajstić information content (AvgIpc) is 1.88. The maximum atomic E-state index is 2.16. The molecule has 3 heteroatoms. The minimum Gasteiger partial charge on any atom is -0.186 e. The summed E-state index contributed by atoms with van der Waals surface area (Å²) in [5.41, 5.74) is 2.74. The Kier molecular flexibility index (Phi) is 13.5. The van der Waals surface area contributed by atoms with Crippen LogP contribution in [0.3, 0.4) is 0 Å². The van der Waals surface area contributed by atoms with Crippen LogP contribution in [0, 0.1) is 12.8 Å². The predicted molar refractivity (Wildman–Crippen MR) is 59.4 cm³/mol. The van der Waals surface area contributed by atoms with Crippen molar-refractivity contribution in [1.29, 1.82) is 0 Å². The van der Waals surface area contributed by atoms with Crippen LogP contribution in [0.1, 0.15) is 25.0 Å². The molecule has 0 saturated heterocycles. The van der Waals surface area contributed by atoms with Crippen molar-refractivity contribution in [2.24, 2.45) is 0 Å². The summed E-state index contributed by atoms with van der Waals surface area (Å²) in [6.45, 7) is 6.42. The fraction of sp³-hybridized carbons (Fsp3) is 0.300. The van der Waals surface area contributed by atoms with Gasteiger partial charge in [0, 0.05) is 26.2 Å². The Labute approximate surface area is 112 Å². The van der Waals surface area contributed by atoms with E-state index in [4.69, 9.17) is 0 Å². The van der Waals surface area contributed by atoms with Gasteiger partial charge in [-0.25, -0.2) is 0 Å². The van der Waals surface area contributed by atoms with Crippen LogP contribution in [0.25, 0.3) is 0 Å². The smallest absolute Gasteiger partial charge is 0 e. The zero-order chi connectivity index (χ0) is 7.56. The standard InChI is InChI=1S/C10H13.2ClH.Zr/c1-8(2)10-7-5-4-6-9(10)3;;;/h4-7H,1-3H3;2*1H;/q-1;;;. The van der Waals surface area contributed by atoms with Crippen molar-refractivity contribution in [3.05, 3.63) is 41.3 Å². The topological polar surface area (TPSA) is 0 Å². The molecule has 13 heavy (non-hydrogen) atoms. The molecule has 0 aliphatic rings. The second kappa shape index (κ2) is 9.12. The fourth-order valence-corrected chi connectivity index (χ4v) is 1.13. The minimum atomic E-state index is 0. The zero-order valence-corrected chi connectivity index (χ0v) is 12.2. The van der Waals surface area contributed by atoms with Gasteiger partial charge >= 0.3 is 0 Å². The summed E-state index contributed by atoms with van der Waals surface area (Å²) >= 11 is 0. The molecule has 74 valence electrons. The van der Waals surface area contributed by atoms with Crippen LogP contribution in [-0.4, -0.2) is 0 Å². The van der Waals surface area contributed by atoms with Gasteiger partial charge in [0.2, 0.25) is 0 Å². The van der Waals surface area contributed by atoms with Gasteiger partial charge in [-0.3, -0.25) is 0 Å². The fourth-order valence-electron chi connectivity index (χ4n) is 1.13. The third kappa shape index (κ3) is 5.78. The van der Waals surface area contributed by atoms with Crippen LogP contribution in [0.15, 0.2) is 24.3 Å². The largest absolute Gasteiger partial charge is 0.186 e. The van der Waals surface area contributed by atoms with Crippen LogP contribution in [0.4, 0.5) is 0 Å². The molecule has 0 aromatic heterocycles. The molecule has 0 aliphatic carbocycles. The van der Waals surface area contributed by atoms with Gasteiger partial charge in [-0.2, -0.15) is 23.1 Å². The van der Waals surface area contributed by atoms with Gasteiger partial charge in [-0.15, -0.1) is 36.9 Å². The van der Waals surface area contributed by atoms with E-state index in [2.05, 4.69) is 45.0 Å². The quantitative estimate of drug-likeness (QED) is 0.692. The molecule has 1 aromatic carbocycles. The number of hydrogen-bond acceptors (Lipinski definition) is 0. The summed E-state index contributed by atoms with van der Waals surface area (Å²) < 4.78 is 0. The van der Waals surface area contributed by atoms with Crippen molar-refractivity contribution in [3.8, 4) is 0 Å². The van der Waals surface area contributed by atoms with Crippen LogP contribution in [-0.2, 0) is 26.2 Å². The summed E-state index contributed by atoms with van der Waals surface area (Å²) in [6.07, 6.45) is 0. The van der Waals surface area contributed by atoms with Gasteiger partial charge in [-0.1, -0.05) is 26.8 Å². The number of hydrogen-bond donors (Lipinski definition) is 0. The third-order valence-corrected chi connectivity index (χ3v) is 1.68. The maximum Gasteiger partial charge on any atom is 0 e. The summed E-state index contributed by atoms with van der Waals surface area (Å²) in [6, 6.07) is 8.45. The molecule has 0 spiro atoms. The Morgan fingerprint density at radius 2 is 1.46 bits per heavy atom. The van der Waals surface area contributed by atoms with Crippen LogP contribution < -0.4 is 0 Å². The molecule has 0 aliphatic heterocycles. The summed E-state index contributed by atoms with van der Waals surface area (Å²) in [4.78, 5) is 0. The second-order valence-corrected chi connectivity index (χ2v) is 2.81. The van der Waals surface area contributed by atoms with Crippen molar-refractivity contribution in [2.75, 3.05) is 0 Å². The number of aryl methyl sites for hydroxylation is 1. The van der Waals surface area contributed by atoms with Gasteiger partial charge in [0.05, 0.1) is 0 Å². The molecule has 0 atom stereocenters. The number of benzene rings is 1. The first-order chi connectivity index (χ1) is 4.72. The van der Waals surface area contributed by atoms with Crippen LogP contribution in [0.2, 0.25) is 0 Å². The summed E-state index contributed by atoms with van der Waals surface area (Å²) in [7, 11) is 0. The average molecular weight is 297 g/mol. The van der Waals surface area contributed by atoms with E-state index < -0.39 is 0 Å². The SMILES string of the molecule is Cc1ccccc1[C-](C)C.Cl.Cl.[Zr]. The van der Waals surface area contributed by atoms with Crippen LogP contribution >= 0.6 is 24.8 Å². The molecule has 0 bridgehead atoms. The van der Waals surface area contributed by atoms with Crippen molar-refractivity contribution in [2.45, 2.75) is 20.8 Å². The zero-order valence-electron chi connectivity index (χ0n) is 8.13. The first-order valence-electron chi connectivity index (χ1n) is 3.58. The van der Waals surface area contributed by atoms with E-state index in [0.717, 1.165) is 0 Å². The predicted octanol–water partition coefficient (Wildman–Crippen LogP) is 3.80. The molecule has 0 amide bonds. The summed E-state index contributed by atoms with van der Waals surface area (Å²) in [5, 5.41) is 0. The Hall–Kier alpha value is 0.553. The van der Waals surface area contributed by atoms with E-state index in [0.29, 0.717) is 0 Å². The van der Waals surface area contributed by atoms with E-state index in [1.165, 1.54) is 17.0 Å². The molecule has 1 aromatic rings. The van der Waals surface area contributed by atoms with E-state index in [-0.39, 0.29) is 51.0 Å². The van der Waals surface area contributed by atoms with E-state index in [9.17, 15) is 0 Å². The van der Waals surface area contributed by atoms with E-state index in [1.807, 2.05) is 0 Å². The molecular weight excluding hydrogens is 282 g/mol. The Bertz CT molecular complexity index is 224. The monoisotopic (exact) mass is 295 g/mol. The molecular formula is C10H15Cl2Zr-. The summed E-state index contributed by atoms with van der Waals surface area (Å²) in [5.74, 6) is 1.39. The van der Waals surface area contributed by atoms with Gasteiger partial charge in [0.25, 0.3) is 0 Å². The minimum absolute atomic E-state index is 0. The molecule has 0 fully saturated rings. The Morgan fingerprint density at radius 3 is 1.77 bits per heavy atom. The van der Waals surface area contributed by atoms with Gasteiger partial charge in [0.15, 0.2) is 0 Å². The van der Waals surface area contributed by atoms with Crippen LogP contribution in [0.5, 0.6) is 0 Å². The molecule has 0 nitrogen and oxygen atoms in total. The molecule has 0 saturated carbocycles. The molecule has 0 radical (unpaired) electrons. The van der Waals surface area contributed by atoms with Crippen molar-refractivity contribution >= 4 is 24.8 Å². The van der Waals surface area contributed by atoms with Gasteiger partial charge in [0.1, 0.15) is 0 Å². The van der Waals surface area contributed by atoms with Crippen molar-refractivity contribution in [3.63, 3.8) is 0 Å². The molecule has 0 unspecified atom stereocenters. The molecule has 0 N–H and O–H groups in total.